The molecule has 0 saturated heterocycles. The van der Waals surface area contributed by atoms with Crippen LogP contribution in [0.2, 0.25) is 0 Å². The molecule has 1 amide bonds. The molecule has 1 aromatic rings. The van der Waals surface area contributed by atoms with Crippen molar-refractivity contribution in [1.82, 2.24) is 4.90 Å². The van der Waals surface area contributed by atoms with E-state index in [0.29, 0.717) is 6.54 Å². The normalized spacial score (nSPS) is 10.5. The first-order valence-electron chi connectivity index (χ1n) is 6.87. The van der Waals surface area contributed by atoms with Crippen molar-refractivity contribution < 1.29 is 14.8 Å². The van der Waals surface area contributed by atoms with Gasteiger partial charge in [-0.05, 0) is 26.8 Å². The Hall–Kier alpha value is -2.15. The second-order valence-electron chi connectivity index (χ2n) is 4.80. The van der Waals surface area contributed by atoms with E-state index in [-0.39, 0.29) is 42.0 Å². The summed E-state index contributed by atoms with van der Waals surface area (Å²) in [6, 6.07) is 4.29. The maximum absolute atomic E-state index is 12.6. The summed E-state index contributed by atoms with van der Waals surface area (Å²) in [7, 11) is 0. The van der Waals surface area contributed by atoms with Gasteiger partial charge in [0.25, 0.3) is 11.6 Å². The van der Waals surface area contributed by atoms with E-state index in [0.717, 1.165) is 0 Å². The third-order valence-corrected chi connectivity index (χ3v) is 3.05. The van der Waals surface area contributed by atoms with Gasteiger partial charge < -0.3 is 15.3 Å². The summed E-state index contributed by atoms with van der Waals surface area (Å²) < 4.78 is 0. The monoisotopic (exact) mass is 295 g/mol. The number of para-hydroxylation sites is 1. The maximum Gasteiger partial charge on any atom is 0.293 e. The summed E-state index contributed by atoms with van der Waals surface area (Å²) in [6.07, 6.45) is 0. The van der Waals surface area contributed by atoms with Gasteiger partial charge in [-0.3, -0.25) is 14.9 Å². The largest absolute Gasteiger partial charge is 0.395 e. The van der Waals surface area contributed by atoms with Gasteiger partial charge in [0.1, 0.15) is 5.69 Å². The van der Waals surface area contributed by atoms with Crippen molar-refractivity contribution in [3.05, 3.63) is 33.9 Å². The molecule has 0 bridgehead atoms. The summed E-state index contributed by atoms with van der Waals surface area (Å²) in [6.45, 7) is 5.96. The van der Waals surface area contributed by atoms with Gasteiger partial charge in [0, 0.05) is 25.2 Å². The third kappa shape index (κ3) is 3.91. The molecule has 7 nitrogen and oxygen atoms in total. The van der Waals surface area contributed by atoms with Crippen LogP contribution in [0.5, 0.6) is 0 Å². The number of nitrogens with one attached hydrogen (secondary N) is 1. The number of hydrogen-bond acceptors (Lipinski definition) is 5. The van der Waals surface area contributed by atoms with E-state index in [2.05, 4.69) is 5.32 Å². The van der Waals surface area contributed by atoms with Crippen LogP contribution in [0.1, 0.15) is 31.1 Å². The van der Waals surface area contributed by atoms with E-state index in [1.165, 1.54) is 17.0 Å². The minimum absolute atomic E-state index is 0.113. The Morgan fingerprint density at radius 3 is 2.62 bits per heavy atom. The number of nitro groups is 1. The fraction of sp³-hybridized carbons (Fsp3) is 0.500. The van der Waals surface area contributed by atoms with Gasteiger partial charge in [-0.25, -0.2) is 0 Å². The molecule has 1 aromatic carbocycles. The highest BCUT2D eigenvalue weighted by Gasteiger charge is 2.25. The first-order valence-corrected chi connectivity index (χ1v) is 6.87. The van der Waals surface area contributed by atoms with Gasteiger partial charge in [0.15, 0.2) is 0 Å². The lowest BCUT2D eigenvalue weighted by molar-refractivity contribution is -0.384. The lowest BCUT2D eigenvalue weighted by atomic mass is 10.1. The second kappa shape index (κ2) is 7.58. The minimum Gasteiger partial charge on any atom is -0.395 e. The Morgan fingerprint density at radius 2 is 2.14 bits per heavy atom. The fourth-order valence-corrected chi connectivity index (χ4v) is 2.09. The highest BCUT2D eigenvalue weighted by atomic mass is 16.6. The van der Waals surface area contributed by atoms with Crippen molar-refractivity contribution in [3.8, 4) is 0 Å². The molecule has 0 radical (unpaired) electrons. The van der Waals surface area contributed by atoms with Gasteiger partial charge in [-0.15, -0.1) is 0 Å². The standard InChI is InChI=1S/C14H21N3O4/c1-4-15-13-11(6-5-7-12(13)17(20)21)14(19)16(8-9-18)10(2)3/h5-7,10,15,18H,4,8-9H2,1-3H3. The maximum atomic E-state index is 12.6. The predicted octanol–water partition coefficient (Wildman–Crippen LogP) is 1.87. The van der Waals surface area contributed by atoms with E-state index in [1.807, 2.05) is 13.8 Å². The van der Waals surface area contributed by atoms with Crippen LogP contribution < -0.4 is 5.32 Å². The highest BCUT2D eigenvalue weighted by molar-refractivity contribution is 6.01. The topological polar surface area (TPSA) is 95.7 Å². The number of nitro benzene ring substituents is 1. The molecule has 0 fully saturated rings. The number of amides is 1. The number of nitrogens with zero attached hydrogens (tertiary/aromatic N) is 2. The lowest BCUT2D eigenvalue weighted by Crippen LogP contribution is -2.39. The Morgan fingerprint density at radius 1 is 1.48 bits per heavy atom. The van der Waals surface area contributed by atoms with Crippen LogP contribution in [0.25, 0.3) is 0 Å². The molecule has 1 rings (SSSR count). The van der Waals surface area contributed by atoms with Crippen LogP contribution in [0.4, 0.5) is 11.4 Å². The van der Waals surface area contributed by atoms with E-state index < -0.39 is 4.92 Å². The van der Waals surface area contributed by atoms with Crippen LogP contribution in [-0.4, -0.2) is 46.6 Å². The van der Waals surface area contributed by atoms with Crippen LogP contribution >= 0.6 is 0 Å². The average molecular weight is 295 g/mol. The molecule has 0 spiro atoms. The first-order chi connectivity index (χ1) is 9.93. The van der Waals surface area contributed by atoms with E-state index in [1.54, 1.807) is 13.0 Å². The minimum atomic E-state index is -0.513. The van der Waals surface area contributed by atoms with Crippen molar-refractivity contribution in [2.45, 2.75) is 26.8 Å². The number of anilines is 1. The van der Waals surface area contributed by atoms with E-state index in [9.17, 15) is 14.9 Å². The number of hydrogen-bond donors (Lipinski definition) is 2. The second-order valence-corrected chi connectivity index (χ2v) is 4.80. The first kappa shape index (κ1) is 16.9. The summed E-state index contributed by atoms with van der Waals surface area (Å²) in [5, 5.41) is 23.1. The van der Waals surface area contributed by atoms with Crippen LogP contribution in [0.15, 0.2) is 18.2 Å². The molecule has 0 aromatic heterocycles. The molecule has 0 heterocycles. The van der Waals surface area contributed by atoms with Crippen molar-refractivity contribution in [2.75, 3.05) is 25.0 Å². The molecule has 0 aliphatic heterocycles. The number of carbonyl (C=O) groups excluding carboxylic acids is 1. The number of benzene rings is 1. The average Bonchev–Trinajstić information content (AvgIpc) is 2.44. The Labute approximate surface area is 123 Å². The summed E-state index contributed by atoms with van der Waals surface area (Å²) in [4.78, 5) is 24.7. The molecule has 7 heteroatoms. The summed E-state index contributed by atoms with van der Waals surface area (Å²) in [5.41, 5.74) is 0.335. The fourth-order valence-electron chi connectivity index (χ4n) is 2.09. The van der Waals surface area contributed by atoms with Crippen LogP contribution in [0.3, 0.4) is 0 Å². The molecule has 21 heavy (non-hydrogen) atoms. The van der Waals surface area contributed by atoms with Crippen molar-refractivity contribution in [2.24, 2.45) is 0 Å². The molecule has 0 saturated carbocycles. The van der Waals surface area contributed by atoms with Crippen LogP contribution in [0, 0.1) is 10.1 Å². The van der Waals surface area contributed by atoms with Gasteiger partial charge >= 0.3 is 0 Å². The zero-order valence-electron chi connectivity index (χ0n) is 12.5. The van der Waals surface area contributed by atoms with Gasteiger partial charge in [-0.1, -0.05) is 6.07 Å². The van der Waals surface area contributed by atoms with Gasteiger partial charge in [-0.2, -0.15) is 0 Å². The number of rotatable bonds is 7. The zero-order chi connectivity index (χ0) is 16.0. The van der Waals surface area contributed by atoms with E-state index >= 15 is 0 Å². The zero-order valence-corrected chi connectivity index (χ0v) is 12.5. The molecular formula is C14H21N3O4. The Balaban J connectivity index is 3.30. The predicted molar refractivity (Wildman–Crippen MR) is 80.5 cm³/mol. The number of aliphatic hydroxyl groups excluding tert-OH is 1. The smallest absolute Gasteiger partial charge is 0.293 e. The molecule has 116 valence electrons. The summed E-state index contributed by atoms with van der Waals surface area (Å²) >= 11 is 0. The molecule has 0 aliphatic carbocycles. The molecule has 2 N–H and O–H groups in total. The van der Waals surface area contributed by atoms with Gasteiger partial charge in [0.05, 0.1) is 17.1 Å². The number of aliphatic hydroxyl groups is 1. The van der Waals surface area contributed by atoms with Crippen molar-refractivity contribution in [3.63, 3.8) is 0 Å². The molecule has 0 aliphatic rings. The third-order valence-electron chi connectivity index (χ3n) is 3.05. The van der Waals surface area contributed by atoms with E-state index in [4.69, 9.17) is 5.11 Å². The Kier molecular flexibility index (Phi) is 6.10. The summed E-state index contributed by atoms with van der Waals surface area (Å²) in [5.74, 6) is -0.335. The quantitative estimate of drug-likeness (QED) is 0.591. The van der Waals surface area contributed by atoms with Gasteiger partial charge in [0.2, 0.25) is 0 Å². The highest BCUT2D eigenvalue weighted by Crippen LogP contribution is 2.29. The molecular weight excluding hydrogens is 274 g/mol. The van der Waals surface area contributed by atoms with Crippen molar-refractivity contribution >= 4 is 17.3 Å². The SMILES string of the molecule is CCNc1c(C(=O)N(CCO)C(C)C)cccc1[N+](=O)[O-]. The molecule has 0 unspecified atom stereocenters. The Bertz CT molecular complexity index is 517. The molecule has 0 atom stereocenters. The number of carbonyl (C=O) groups is 1. The van der Waals surface area contributed by atoms with Crippen LogP contribution in [-0.2, 0) is 0 Å². The van der Waals surface area contributed by atoms with Crippen molar-refractivity contribution in [1.29, 1.82) is 0 Å². The lowest BCUT2D eigenvalue weighted by Gasteiger charge is -2.26.